The highest BCUT2D eigenvalue weighted by atomic mass is 19.4. The van der Waals surface area contributed by atoms with E-state index in [1.807, 2.05) is 25.1 Å². The van der Waals surface area contributed by atoms with Crippen LogP contribution in [0.4, 0.5) is 13.2 Å². The third-order valence-electron chi connectivity index (χ3n) is 3.90. The molecule has 1 aromatic rings. The number of hydrogen-bond donors (Lipinski definition) is 2. The monoisotopic (exact) mass is 361 g/mol. The molecule has 1 saturated heterocycles. The van der Waals surface area contributed by atoms with E-state index in [9.17, 15) is 18.0 Å². The van der Waals surface area contributed by atoms with Gasteiger partial charge in [-0.1, -0.05) is 30.3 Å². The number of hydrogen-bond acceptors (Lipinski definition) is 4. The van der Waals surface area contributed by atoms with E-state index in [0.717, 1.165) is 32.4 Å². The van der Waals surface area contributed by atoms with E-state index in [0.29, 0.717) is 6.61 Å². The van der Waals surface area contributed by atoms with Crippen LogP contribution in [0.25, 0.3) is 0 Å². The van der Waals surface area contributed by atoms with Crippen molar-refractivity contribution >= 4 is 11.9 Å². The second-order valence-electron chi connectivity index (χ2n) is 5.72. The summed E-state index contributed by atoms with van der Waals surface area (Å²) in [6.45, 7) is 4.12. The minimum absolute atomic E-state index is 0.0321. The summed E-state index contributed by atoms with van der Waals surface area (Å²) in [5.74, 6) is -2.79. The number of carboxylic acid groups (broad SMARTS) is 1. The summed E-state index contributed by atoms with van der Waals surface area (Å²) in [7, 11) is 0. The first-order valence-corrected chi connectivity index (χ1v) is 7.93. The number of benzene rings is 1. The number of carbonyl (C=O) groups is 2. The molecule has 0 aliphatic carbocycles. The Labute approximate surface area is 144 Å². The quantitative estimate of drug-likeness (QED) is 0.807. The minimum atomic E-state index is -5.08. The van der Waals surface area contributed by atoms with Gasteiger partial charge in [-0.3, -0.25) is 4.79 Å². The summed E-state index contributed by atoms with van der Waals surface area (Å²) >= 11 is 0. The molecule has 140 valence electrons. The fourth-order valence-electron chi connectivity index (χ4n) is 2.63. The van der Waals surface area contributed by atoms with Gasteiger partial charge in [0.05, 0.1) is 12.0 Å². The van der Waals surface area contributed by atoms with E-state index in [1.54, 1.807) is 0 Å². The number of esters is 1. The molecule has 1 aromatic carbocycles. The van der Waals surface area contributed by atoms with E-state index >= 15 is 0 Å². The lowest BCUT2D eigenvalue weighted by Crippen LogP contribution is -2.44. The van der Waals surface area contributed by atoms with Gasteiger partial charge in [-0.25, -0.2) is 4.79 Å². The molecule has 0 spiro atoms. The first-order valence-electron chi connectivity index (χ1n) is 7.93. The van der Waals surface area contributed by atoms with Crippen LogP contribution < -0.4 is 5.32 Å². The van der Waals surface area contributed by atoms with Crippen molar-refractivity contribution in [2.45, 2.75) is 32.4 Å². The van der Waals surface area contributed by atoms with Crippen LogP contribution >= 0.6 is 0 Å². The Bertz CT molecular complexity index is 555. The van der Waals surface area contributed by atoms with Crippen molar-refractivity contribution in [3.05, 3.63) is 35.9 Å². The molecule has 8 heteroatoms. The molecule has 0 saturated carbocycles. The second kappa shape index (κ2) is 9.41. The zero-order valence-electron chi connectivity index (χ0n) is 13.9. The van der Waals surface area contributed by atoms with Crippen molar-refractivity contribution in [2.75, 3.05) is 19.7 Å². The molecular weight excluding hydrogens is 339 g/mol. The van der Waals surface area contributed by atoms with Gasteiger partial charge in [0.2, 0.25) is 0 Å². The molecule has 5 nitrogen and oxygen atoms in total. The summed E-state index contributed by atoms with van der Waals surface area (Å²) in [5.41, 5.74) is 0.884. The van der Waals surface area contributed by atoms with Gasteiger partial charge in [0, 0.05) is 0 Å². The average Bonchev–Trinajstić information content (AvgIpc) is 2.56. The molecule has 0 bridgehead atoms. The van der Waals surface area contributed by atoms with Crippen LogP contribution in [0, 0.1) is 5.41 Å². The summed E-state index contributed by atoms with van der Waals surface area (Å²) in [6, 6.07) is 10.2. The van der Waals surface area contributed by atoms with Crippen LogP contribution in [0.3, 0.4) is 0 Å². The van der Waals surface area contributed by atoms with Crippen LogP contribution in [-0.4, -0.2) is 42.9 Å². The number of ether oxygens (including phenoxy) is 1. The molecule has 1 aliphatic heterocycles. The topological polar surface area (TPSA) is 75.6 Å². The summed E-state index contributed by atoms with van der Waals surface area (Å²) in [5, 5.41) is 10.4. The standard InChI is InChI=1S/C15H21NO2.C2HF3O2/c1-2-18-14(17)15(8-10-16-11-9-15)12-13-6-4-3-5-7-13;3-2(4,5)1(6)7/h3-7,16H,2,8-12H2,1H3;(H,6,7). The van der Waals surface area contributed by atoms with Gasteiger partial charge in [0.15, 0.2) is 0 Å². The minimum Gasteiger partial charge on any atom is -0.475 e. The van der Waals surface area contributed by atoms with Gasteiger partial charge < -0.3 is 15.2 Å². The average molecular weight is 361 g/mol. The van der Waals surface area contributed by atoms with E-state index in [2.05, 4.69) is 17.4 Å². The molecular formula is C17H22F3NO4. The van der Waals surface area contributed by atoms with Crippen molar-refractivity contribution in [3.63, 3.8) is 0 Å². The van der Waals surface area contributed by atoms with Crippen LogP contribution in [0.1, 0.15) is 25.3 Å². The molecule has 1 heterocycles. The lowest BCUT2D eigenvalue weighted by atomic mass is 9.74. The van der Waals surface area contributed by atoms with Crippen molar-refractivity contribution < 1.29 is 32.6 Å². The SMILES string of the molecule is CCOC(=O)C1(Cc2ccccc2)CCNCC1.O=C(O)C(F)(F)F. The molecule has 0 radical (unpaired) electrons. The maximum absolute atomic E-state index is 12.3. The van der Waals surface area contributed by atoms with Crippen LogP contribution in [0.15, 0.2) is 30.3 Å². The maximum atomic E-state index is 12.3. The van der Waals surface area contributed by atoms with Crippen LogP contribution in [0.2, 0.25) is 0 Å². The van der Waals surface area contributed by atoms with Crippen molar-refractivity contribution in [2.24, 2.45) is 5.41 Å². The normalized spacial score (nSPS) is 16.3. The Hall–Kier alpha value is -2.09. The lowest BCUT2D eigenvalue weighted by molar-refractivity contribution is -0.192. The van der Waals surface area contributed by atoms with E-state index in [1.165, 1.54) is 5.56 Å². The number of carbonyl (C=O) groups excluding carboxylic acids is 1. The number of aliphatic carboxylic acids is 1. The van der Waals surface area contributed by atoms with E-state index in [-0.39, 0.29) is 11.4 Å². The maximum Gasteiger partial charge on any atom is 0.490 e. The smallest absolute Gasteiger partial charge is 0.475 e. The highest BCUT2D eigenvalue weighted by Gasteiger charge is 2.41. The lowest BCUT2D eigenvalue weighted by Gasteiger charge is -2.35. The zero-order valence-corrected chi connectivity index (χ0v) is 13.9. The number of nitrogens with one attached hydrogen (secondary N) is 1. The number of carboxylic acids is 1. The van der Waals surface area contributed by atoms with Crippen molar-refractivity contribution in [3.8, 4) is 0 Å². The summed E-state index contributed by atoms with van der Waals surface area (Å²) in [4.78, 5) is 21.2. The third kappa shape index (κ3) is 6.74. The first-order chi connectivity index (χ1) is 11.7. The Kier molecular flexibility index (Phi) is 7.89. The van der Waals surface area contributed by atoms with Gasteiger partial charge in [-0.2, -0.15) is 13.2 Å². The molecule has 2 N–H and O–H groups in total. The largest absolute Gasteiger partial charge is 0.490 e. The molecule has 0 atom stereocenters. The highest BCUT2D eigenvalue weighted by Crippen LogP contribution is 2.34. The first kappa shape index (κ1) is 21.0. The molecule has 1 fully saturated rings. The van der Waals surface area contributed by atoms with Gasteiger partial charge in [0.25, 0.3) is 0 Å². The third-order valence-corrected chi connectivity index (χ3v) is 3.90. The molecule has 25 heavy (non-hydrogen) atoms. The Balaban J connectivity index is 0.000000381. The predicted molar refractivity (Wildman–Crippen MR) is 85.0 cm³/mol. The molecule has 2 rings (SSSR count). The number of alkyl halides is 3. The van der Waals surface area contributed by atoms with Gasteiger partial charge in [0.1, 0.15) is 0 Å². The van der Waals surface area contributed by atoms with Crippen molar-refractivity contribution in [1.29, 1.82) is 0 Å². The fraction of sp³-hybridized carbons (Fsp3) is 0.529. The van der Waals surface area contributed by atoms with Crippen LogP contribution in [0.5, 0.6) is 0 Å². The Morgan fingerprint density at radius 3 is 2.16 bits per heavy atom. The van der Waals surface area contributed by atoms with Crippen molar-refractivity contribution in [1.82, 2.24) is 5.32 Å². The summed E-state index contributed by atoms with van der Waals surface area (Å²) < 4.78 is 37.0. The van der Waals surface area contributed by atoms with Gasteiger partial charge >= 0.3 is 18.1 Å². The second-order valence-corrected chi connectivity index (χ2v) is 5.72. The number of piperidine rings is 1. The molecule has 1 aliphatic rings. The van der Waals surface area contributed by atoms with E-state index < -0.39 is 12.1 Å². The van der Waals surface area contributed by atoms with Gasteiger partial charge in [-0.05, 0) is 44.8 Å². The molecule has 0 amide bonds. The van der Waals surface area contributed by atoms with Crippen LogP contribution in [-0.2, 0) is 20.7 Å². The Morgan fingerprint density at radius 2 is 1.72 bits per heavy atom. The fourth-order valence-corrected chi connectivity index (χ4v) is 2.63. The molecule has 0 aromatic heterocycles. The van der Waals surface area contributed by atoms with E-state index in [4.69, 9.17) is 14.6 Å². The molecule has 0 unspecified atom stereocenters. The summed E-state index contributed by atoms with van der Waals surface area (Å²) in [6.07, 6.45) is -2.57. The highest BCUT2D eigenvalue weighted by molar-refractivity contribution is 5.77. The van der Waals surface area contributed by atoms with Gasteiger partial charge in [-0.15, -0.1) is 0 Å². The number of halogens is 3. The predicted octanol–water partition coefficient (Wildman–Crippen LogP) is 2.80. The Morgan fingerprint density at radius 1 is 1.20 bits per heavy atom. The number of rotatable bonds is 4. The zero-order chi connectivity index (χ0) is 18.9.